The predicted octanol–water partition coefficient (Wildman–Crippen LogP) is -2.48. The number of carbonyl (C=O) groups excluding carboxylic acids is 2. The lowest BCUT2D eigenvalue weighted by Gasteiger charge is -2.22. The highest BCUT2D eigenvalue weighted by Crippen LogP contribution is 2.10. The van der Waals surface area contributed by atoms with Gasteiger partial charge in [-0.3, -0.25) is 4.79 Å². The van der Waals surface area contributed by atoms with Crippen LogP contribution in [0.15, 0.2) is 0 Å². The zero-order valence-corrected chi connectivity index (χ0v) is 9.29. The molecule has 1 unspecified atom stereocenters. The molecule has 0 aliphatic carbocycles. The fourth-order valence-electron chi connectivity index (χ4n) is 0.726. The quantitative estimate of drug-likeness (QED) is 0.251. The maximum Gasteiger partial charge on any atom is 0.377 e. The molecule has 0 saturated heterocycles. The maximum atomic E-state index is 10.9. The zero-order chi connectivity index (χ0) is 12.2. The molecule has 4 N–H and O–H groups in total. The van der Waals surface area contributed by atoms with E-state index in [9.17, 15) is 9.59 Å². The molecule has 8 heteroatoms. The summed E-state index contributed by atoms with van der Waals surface area (Å²) in [5.41, 5.74) is 0. The number of halogens is 1. The summed E-state index contributed by atoms with van der Waals surface area (Å²) in [4.78, 5) is 21.6. The molecule has 0 aromatic rings. The lowest BCUT2D eigenvalue weighted by Crippen LogP contribution is -2.48. The van der Waals surface area contributed by atoms with Crippen molar-refractivity contribution in [3.63, 3.8) is 0 Å². The normalized spacial score (nSPS) is 18.8. The molecule has 0 rings (SSSR count). The van der Waals surface area contributed by atoms with Gasteiger partial charge in [0.1, 0.15) is 17.2 Å². The third kappa shape index (κ3) is 3.84. The third-order valence-corrected chi connectivity index (χ3v) is 2.15. The molecular formula is C7H11BrO7. The molecule has 0 saturated carbocycles. The molecule has 7 nitrogen and oxygen atoms in total. The highest BCUT2D eigenvalue weighted by atomic mass is 79.9. The van der Waals surface area contributed by atoms with Crippen LogP contribution < -0.4 is 0 Å². The van der Waals surface area contributed by atoms with E-state index in [0.29, 0.717) is 0 Å². The van der Waals surface area contributed by atoms with Crippen molar-refractivity contribution in [2.75, 3.05) is 7.11 Å². The third-order valence-electron chi connectivity index (χ3n) is 1.61. The first kappa shape index (κ1) is 14.5. The number of hydrogen-bond donors (Lipinski definition) is 4. The van der Waals surface area contributed by atoms with Crippen molar-refractivity contribution in [1.82, 2.24) is 0 Å². The van der Waals surface area contributed by atoms with Gasteiger partial charge in [0.05, 0.1) is 7.11 Å². The molecule has 0 bridgehead atoms. The topological polar surface area (TPSA) is 124 Å². The molecule has 88 valence electrons. The van der Waals surface area contributed by atoms with Crippen molar-refractivity contribution < 1.29 is 34.8 Å². The summed E-state index contributed by atoms with van der Waals surface area (Å²) in [6.45, 7) is 0. The van der Waals surface area contributed by atoms with Crippen molar-refractivity contribution >= 4 is 27.7 Å². The summed E-state index contributed by atoms with van der Waals surface area (Å²) in [5, 5.41) is 34.6. The van der Waals surface area contributed by atoms with Gasteiger partial charge in [-0.25, -0.2) is 4.79 Å². The van der Waals surface area contributed by atoms with Gasteiger partial charge in [0, 0.05) is 0 Å². The number of Topliss-reactive ketones (excluding diaryl/α,β-unsaturated/α-hetero) is 1. The second kappa shape index (κ2) is 6.13. The molecule has 0 amide bonds. The summed E-state index contributed by atoms with van der Waals surface area (Å²) in [6.07, 6.45) is -5.96. The van der Waals surface area contributed by atoms with Gasteiger partial charge in [-0.15, -0.1) is 0 Å². The van der Waals surface area contributed by atoms with E-state index >= 15 is 0 Å². The van der Waals surface area contributed by atoms with E-state index in [2.05, 4.69) is 20.7 Å². The first-order valence-electron chi connectivity index (χ1n) is 3.81. The number of alkyl halides is 1. The van der Waals surface area contributed by atoms with Crippen molar-refractivity contribution in [2.24, 2.45) is 0 Å². The highest BCUT2D eigenvalue weighted by molar-refractivity contribution is 9.09. The Hall–Kier alpha value is -0.540. The monoisotopic (exact) mass is 286 g/mol. The van der Waals surface area contributed by atoms with E-state index in [1.165, 1.54) is 0 Å². The van der Waals surface area contributed by atoms with Crippen LogP contribution in [0.4, 0.5) is 0 Å². The minimum absolute atomic E-state index is 0.926. The number of rotatable bonds is 5. The average molecular weight is 287 g/mol. The molecule has 0 aliphatic rings. The van der Waals surface area contributed by atoms with Crippen molar-refractivity contribution in [1.29, 1.82) is 0 Å². The van der Waals surface area contributed by atoms with Crippen molar-refractivity contribution in [3.05, 3.63) is 0 Å². The van der Waals surface area contributed by atoms with Crippen LogP contribution in [-0.2, 0) is 14.3 Å². The maximum absolute atomic E-state index is 10.9. The molecule has 0 aliphatic heterocycles. The Morgan fingerprint density at radius 1 is 1.13 bits per heavy atom. The second-order valence-electron chi connectivity index (χ2n) is 2.65. The van der Waals surface area contributed by atoms with Gasteiger partial charge in [0.25, 0.3) is 5.78 Å². The predicted molar refractivity (Wildman–Crippen MR) is 50.0 cm³/mol. The summed E-state index contributed by atoms with van der Waals surface area (Å²) < 4.78 is 4.01. The van der Waals surface area contributed by atoms with E-state index in [1.54, 1.807) is 0 Å². The second-order valence-corrected chi connectivity index (χ2v) is 3.59. The van der Waals surface area contributed by atoms with Gasteiger partial charge in [-0.05, 0) is 0 Å². The lowest BCUT2D eigenvalue weighted by molar-refractivity contribution is -0.161. The summed E-state index contributed by atoms with van der Waals surface area (Å²) in [7, 11) is 0.926. The highest BCUT2D eigenvalue weighted by Gasteiger charge is 2.36. The Kier molecular flexibility index (Phi) is 5.91. The van der Waals surface area contributed by atoms with E-state index in [1.807, 2.05) is 0 Å². The van der Waals surface area contributed by atoms with Gasteiger partial charge in [0.15, 0.2) is 6.10 Å². The molecule has 0 aromatic heterocycles. The standard InChI is InChI=1S/C7H11BrO7/c1-15-7(14)5(12)3(10)2(9)4(11)6(8)13/h2-4,6,9-11,13H,1H3/t2-,3-,4+,6?/m0/s1. The van der Waals surface area contributed by atoms with E-state index in [4.69, 9.17) is 20.4 Å². The van der Waals surface area contributed by atoms with Gasteiger partial charge in [-0.2, -0.15) is 0 Å². The van der Waals surface area contributed by atoms with E-state index in [-0.39, 0.29) is 0 Å². The fraction of sp³-hybridized carbons (Fsp3) is 0.714. The van der Waals surface area contributed by atoms with Crippen LogP contribution in [-0.4, -0.2) is 62.6 Å². The van der Waals surface area contributed by atoms with Gasteiger partial charge >= 0.3 is 5.97 Å². The number of methoxy groups -OCH3 is 1. The molecule has 0 heterocycles. The number of ketones is 1. The minimum atomic E-state index is -2.15. The van der Waals surface area contributed by atoms with Crippen LogP contribution in [0.5, 0.6) is 0 Å². The Morgan fingerprint density at radius 3 is 1.93 bits per heavy atom. The van der Waals surface area contributed by atoms with Crippen LogP contribution in [0.3, 0.4) is 0 Å². The fourth-order valence-corrected chi connectivity index (χ4v) is 1.04. The van der Waals surface area contributed by atoms with E-state index in [0.717, 1.165) is 7.11 Å². The number of esters is 1. The van der Waals surface area contributed by atoms with E-state index < -0.39 is 35.1 Å². The molecule has 0 spiro atoms. The SMILES string of the molecule is COC(=O)C(=O)[C@@H](O)[C@H](O)[C@@H](O)C(O)Br. The average Bonchev–Trinajstić information content (AvgIpc) is 2.23. The molecular weight excluding hydrogens is 276 g/mol. The van der Waals surface area contributed by atoms with Gasteiger partial charge in [-0.1, -0.05) is 15.9 Å². The largest absolute Gasteiger partial charge is 0.463 e. The van der Waals surface area contributed by atoms with Crippen LogP contribution in [0.25, 0.3) is 0 Å². The smallest absolute Gasteiger partial charge is 0.377 e. The summed E-state index contributed by atoms with van der Waals surface area (Å²) >= 11 is 2.52. The number of aliphatic hydroxyl groups is 4. The van der Waals surface area contributed by atoms with Crippen LogP contribution in [0.2, 0.25) is 0 Å². The Morgan fingerprint density at radius 2 is 1.60 bits per heavy atom. The van der Waals surface area contributed by atoms with Gasteiger partial charge in [0.2, 0.25) is 0 Å². The Labute approximate surface area is 93.4 Å². The first-order valence-corrected chi connectivity index (χ1v) is 4.73. The molecule has 0 aromatic carbocycles. The molecule has 0 fully saturated rings. The lowest BCUT2D eigenvalue weighted by atomic mass is 10.0. The van der Waals surface area contributed by atoms with Crippen LogP contribution >= 0.6 is 15.9 Å². The first-order chi connectivity index (χ1) is 6.82. The zero-order valence-electron chi connectivity index (χ0n) is 7.70. The van der Waals surface area contributed by atoms with Crippen molar-refractivity contribution in [2.45, 2.75) is 23.3 Å². The summed E-state index contributed by atoms with van der Waals surface area (Å²) in [5.74, 6) is -2.75. The van der Waals surface area contributed by atoms with Crippen molar-refractivity contribution in [3.8, 4) is 0 Å². The molecule has 15 heavy (non-hydrogen) atoms. The Bertz CT molecular complexity index is 241. The number of carbonyl (C=O) groups is 2. The van der Waals surface area contributed by atoms with Crippen LogP contribution in [0, 0.1) is 0 Å². The minimum Gasteiger partial charge on any atom is -0.463 e. The number of ether oxygens (including phenoxy) is 1. The molecule has 4 atom stereocenters. The molecule has 0 radical (unpaired) electrons. The Balaban J connectivity index is 4.50. The van der Waals surface area contributed by atoms with Crippen LogP contribution in [0.1, 0.15) is 0 Å². The van der Waals surface area contributed by atoms with Gasteiger partial charge < -0.3 is 25.2 Å². The summed E-state index contributed by atoms with van der Waals surface area (Å²) in [6, 6.07) is 0. The number of aliphatic hydroxyl groups excluding tert-OH is 4. The number of hydrogen-bond acceptors (Lipinski definition) is 7.